The van der Waals surface area contributed by atoms with Crippen molar-refractivity contribution in [2.75, 3.05) is 22.7 Å². The molecule has 0 spiro atoms. The van der Waals surface area contributed by atoms with Gasteiger partial charge >= 0.3 is 6.03 Å². The van der Waals surface area contributed by atoms with Crippen LogP contribution in [0.25, 0.3) is 0 Å². The summed E-state index contributed by atoms with van der Waals surface area (Å²) in [6.45, 7) is 3.15. The highest BCUT2D eigenvalue weighted by atomic mass is 32.2. The van der Waals surface area contributed by atoms with E-state index in [1.165, 1.54) is 12.1 Å². The number of nitrogens with zero attached hydrogens (tertiary/aromatic N) is 2. The summed E-state index contributed by atoms with van der Waals surface area (Å²) >= 11 is 0. The molecule has 3 aromatic rings. The molecule has 0 aliphatic carbocycles. The predicted molar refractivity (Wildman–Crippen MR) is 123 cm³/mol. The van der Waals surface area contributed by atoms with Crippen LogP contribution < -0.4 is 9.62 Å². The number of aryl methyl sites for hydroxylation is 1. The second kappa shape index (κ2) is 9.00. The molecule has 3 aromatic carbocycles. The molecule has 32 heavy (non-hydrogen) atoms. The summed E-state index contributed by atoms with van der Waals surface area (Å²) in [5.41, 5.74) is 2.12. The molecule has 1 N–H and O–H groups in total. The molecule has 8 heteroatoms. The number of rotatable bonds is 6. The highest BCUT2D eigenvalue weighted by molar-refractivity contribution is 7.92. The van der Waals surface area contributed by atoms with Crippen molar-refractivity contribution in [2.24, 2.45) is 0 Å². The van der Waals surface area contributed by atoms with Crippen LogP contribution in [-0.2, 0) is 16.6 Å². The summed E-state index contributed by atoms with van der Waals surface area (Å²) in [6.07, 6.45) is 0.753. The zero-order valence-corrected chi connectivity index (χ0v) is 18.5. The van der Waals surface area contributed by atoms with Gasteiger partial charge in [0.1, 0.15) is 5.82 Å². The Hall–Kier alpha value is -3.39. The van der Waals surface area contributed by atoms with Gasteiger partial charge in [-0.05, 0) is 48.7 Å². The molecule has 0 bridgehead atoms. The number of carbonyl (C=O) groups excluding carboxylic acids is 1. The zero-order chi connectivity index (χ0) is 22.7. The van der Waals surface area contributed by atoms with Gasteiger partial charge in [-0.25, -0.2) is 17.6 Å². The van der Waals surface area contributed by atoms with Crippen LogP contribution in [-0.4, -0.2) is 32.4 Å². The Morgan fingerprint density at radius 3 is 2.44 bits per heavy atom. The van der Waals surface area contributed by atoms with E-state index in [1.807, 2.05) is 30.3 Å². The number of hydrogen-bond acceptors (Lipinski definition) is 3. The molecule has 1 fully saturated rings. The van der Waals surface area contributed by atoms with Gasteiger partial charge in [-0.1, -0.05) is 48.5 Å². The van der Waals surface area contributed by atoms with Crippen LogP contribution in [0.5, 0.6) is 0 Å². The monoisotopic (exact) mass is 453 g/mol. The van der Waals surface area contributed by atoms with E-state index < -0.39 is 15.8 Å². The Balaban J connectivity index is 1.60. The SMILES string of the molecule is Cc1ccc(S(=O)(=O)Nc2ccccc2N2CCCN(Cc3ccccc3)C2=O)cc1F. The number of para-hydroxylation sites is 2. The second-order valence-electron chi connectivity index (χ2n) is 7.73. The lowest BCUT2D eigenvalue weighted by Gasteiger charge is -2.36. The molecule has 0 radical (unpaired) electrons. The first kappa shape index (κ1) is 21.8. The highest BCUT2D eigenvalue weighted by Crippen LogP contribution is 2.31. The summed E-state index contributed by atoms with van der Waals surface area (Å²) in [4.78, 5) is 16.4. The van der Waals surface area contributed by atoms with Crippen LogP contribution in [0.2, 0.25) is 0 Å². The molecule has 1 aliphatic rings. The first-order chi connectivity index (χ1) is 15.3. The maximum atomic E-state index is 13.9. The fraction of sp³-hybridized carbons (Fsp3) is 0.208. The van der Waals surface area contributed by atoms with Crippen LogP contribution >= 0.6 is 0 Å². The zero-order valence-electron chi connectivity index (χ0n) is 17.7. The van der Waals surface area contributed by atoms with Crippen molar-refractivity contribution in [3.05, 3.63) is 89.7 Å². The molecule has 0 atom stereocenters. The molecule has 166 valence electrons. The number of anilines is 2. The summed E-state index contributed by atoms with van der Waals surface area (Å²) in [7, 11) is -4.03. The lowest BCUT2D eigenvalue weighted by atomic mass is 10.1. The Labute approximate surface area is 187 Å². The summed E-state index contributed by atoms with van der Waals surface area (Å²) in [6, 6.07) is 20.1. The molecular weight excluding hydrogens is 429 g/mol. The topological polar surface area (TPSA) is 69.7 Å². The minimum absolute atomic E-state index is 0.175. The number of sulfonamides is 1. The van der Waals surface area contributed by atoms with Gasteiger partial charge in [0.15, 0.2) is 0 Å². The number of hydrogen-bond donors (Lipinski definition) is 1. The number of halogens is 1. The van der Waals surface area contributed by atoms with Gasteiger partial charge in [0, 0.05) is 19.6 Å². The number of amides is 2. The second-order valence-corrected chi connectivity index (χ2v) is 9.41. The minimum atomic E-state index is -4.03. The third kappa shape index (κ3) is 4.60. The summed E-state index contributed by atoms with van der Waals surface area (Å²) in [5.74, 6) is -0.594. The first-order valence-electron chi connectivity index (χ1n) is 10.3. The fourth-order valence-electron chi connectivity index (χ4n) is 3.70. The maximum absolute atomic E-state index is 13.9. The minimum Gasteiger partial charge on any atom is -0.320 e. The molecule has 1 saturated heterocycles. The Kier molecular flexibility index (Phi) is 6.14. The Bertz CT molecular complexity index is 1230. The molecule has 4 rings (SSSR count). The number of urea groups is 1. The van der Waals surface area contributed by atoms with Crippen LogP contribution in [0.15, 0.2) is 77.7 Å². The van der Waals surface area contributed by atoms with Crippen LogP contribution in [0, 0.1) is 12.7 Å². The van der Waals surface area contributed by atoms with E-state index in [1.54, 1.807) is 41.0 Å². The van der Waals surface area contributed by atoms with Crippen LogP contribution in [0.4, 0.5) is 20.6 Å². The standard InChI is InChI=1S/C24H24FN3O3S/c1-18-12-13-20(16-21(18)25)32(30,31)26-22-10-5-6-11-23(22)28-15-7-14-27(24(28)29)17-19-8-3-2-4-9-19/h2-6,8-13,16,26H,7,14-15,17H2,1H3. The first-order valence-corrected chi connectivity index (χ1v) is 11.8. The number of carbonyl (C=O) groups is 1. The van der Waals surface area contributed by atoms with Crippen molar-refractivity contribution >= 4 is 27.4 Å². The molecule has 0 aromatic heterocycles. The Morgan fingerprint density at radius 1 is 0.969 bits per heavy atom. The summed E-state index contributed by atoms with van der Waals surface area (Å²) in [5, 5.41) is 0. The molecule has 0 saturated carbocycles. The largest absolute Gasteiger partial charge is 0.324 e. The van der Waals surface area contributed by atoms with E-state index in [2.05, 4.69) is 4.72 Å². The number of nitrogens with one attached hydrogen (secondary N) is 1. The Morgan fingerprint density at radius 2 is 1.69 bits per heavy atom. The smallest absolute Gasteiger partial charge is 0.320 e. The van der Waals surface area contributed by atoms with Crippen molar-refractivity contribution in [1.29, 1.82) is 0 Å². The summed E-state index contributed by atoms with van der Waals surface area (Å²) < 4.78 is 42.3. The molecular formula is C24H24FN3O3S. The lowest BCUT2D eigenvalue weighted by Crippen LogP contribution is -2.49. The van der Waals surface area contributed by atoms with E-state index in [-0.39, 0.29) is 16.6 Å². The van der Waals surface area contributed by atoms with Gasteiger partial charge in [0.05, 0.1) is 16.3 Å². The van der Waals surface area contributed by atoms with Gasteiger partial charge in [-0.15, -0.1) is 0 Å². The van der Waals surface area contributed by atoms with Crippen molar-refractivity contribution < 1.29 is 17.6 Å². The normalized spacial score (nSPS) is 14.5. The molecule has 2 amide bonds. The third-order valence-corrected chi connectivity index (χ3v) is 6.78. The maximum Gasteiger partial charge on any atom is 0.324 e. The van der Waals surface area contributed by atoms with Crippen molar-refractivity contribution in [3.8, 4) is 0 Å². The van der Waals surface area contributed by atoms with E-state index in [9.17, 15) is 17.6 Å². The van der Waals surface area contributed by atoms with Gasteiger partial charge in [0.25, 0.3) is 10.0 Å². The fourth-order valence-corrected chi connectivity index (χ4v) is 4.78. The van der Waals surface area contributed by atoms with Crippen LogP contribution in [0.3, 0.4) is 0 Å². The number of benzene rings is 3. The lowest BCUT2D eigenvalue weighted by molar-refractivity contribution is 0.192. The van der Waals surface area contributed by atoms with E-state index >= 15 is 0 Å². The van der Waals surface area contributed by atoms with E-state index in [4.69, 9.17) is 0 Å². The van der Waals surface area contributed by atoms with Gasteiger partial charge < -0.3 is 4.90 Å². The van der Waals surface area contributed by atoms with Gasteiger partial charge in [0.2, 0.25) is 0 Å². The average molecular weight is 454 g/mol. The van der Waals surface area contributed by atoms with Crippen molar-refractivity contribution in [1.82, 2.24) is 4.90 Å². The highest BCUT2D eigenvalue weighted by Gasteiger charge is 2.29. The predicted octanol–water partition coefficient (Wildman–Crippen LogP) is 4.77. The quantitative estimate of drug-likeness (QED) is 0.585. The van der Waals surface area contributed by atoms with E-state index in [0.717, 1.165) is 18.1 Å². The van der Waals surface area contributed by atoms with Gasteiger partial charge in [-0.3, -0.25) is 9.62 Å². The van der Waals surface area contributed by atoms with Crippen molar-refractivity contribution in [3.63, 3.8) is 0 Å². The van der Waals surface area contributed by atoms with E-state index in [0.29, 0.717) is 30.9 Å². The molecule has 0 unspecified atom stereocenters. The molecule has 1 aliphatic heterocycles. The van der Waals surface area contributed by atoms with Crippen LogP contribution in [0.1, 0.15) is 17.5 Å². The third-order valence-electron chi connectivity index (χ3n) is 5.42. The molecule has 6 nitrogen and oxygen atoms in total. The average Bonchev–Trinajstić information content (AvgIpc) is 2.78. The van der Waals surface area contributed by atoms with Crippen molar-refractivity contribution in [2.45, 2.75) is 24.8 Å². The molecule has 1 heterocycles. The van der Waals surface area contributed by atoms with Gasteiger partial charge in [-0.2, -0.15) is 0 Å².